The lowest BCUT2D eigenvalue weighted by Crippen LogP contribution is -2.31. The van der Waals surface area contributed by atoms with E-state index in [4.69, 9.17) is 17.3 Å². The second kappa shape index (κ2) is 6.79. The fraction of sp³-hybridized carbons (Fsp3) is 0.267. The first-order valence-electron chi connectivity index (χ1n) is 6.37. The SMILES string of the molecule is CN(Cc1ccccn1)C(CN)c1cc(Cl)ccc1F. The second-order valence-corrected chi connectivity index (χ2v) is 5.09. The van der Waals surface area contributed by atoms with Crippen LogP contribution in [-0.4, -0.2) is 23.5 Å². The number of halogens is 2. The molecular formula is C15H17ClFN3. The van der Waals surface area contributed by atoms with E-state index in [1.807, 2.05) is 30.1 Å². The summed E-state index contributed by atoms with van der Waals surface area (Å²) in [5.41, 5.74) is 7.23. The highest BCUT2D eigenvalue weighted by atomic mass is 35.5. The van der Waals surface area contributed by atoms with Crippen LogP contribution in [0.25, 0.3) is 0 Å². The molecule has 0 radical (unpaired) electrons. The van der Waals surface area contributed by atoms with Crippen LogP contribution < -0.4 is 5.73 Å². The Labute approximate surface area is 123 Å². The van der Waals surface area contributed by atoms with Crippen molar-refractivity contribution in [2.75, 3.05) is 13.6 Å². The van der Waals surface area contributed by atoms with Gasteiger partial charge in [-0.3, -0.25) is 9.88 Å². The Balaban J connectivity index is 2.21. The summed E-state index contributed by atoms with van der Waals surface area (Å²) in [5.74, 6) is -0.294. The van der Waals surface area contributed by atoms with Crippen molar-refractivity contribution in [3.05, 3.63) is 64.7 Å². The van der Waals surface area contributed by atoms with Gasteiger partial charge in [0.05, 0.1) is 11.7 Å². The molecule has 2 N–H and O–H groups in total. The van der Waals surface area contributed by atoms with E-state index in [1.165, 1.54) is 12.1 Å². The van der Waals surface area contributed by atoms with Crippen molar-refractivity contribution in [1.29, 1.82) is 0 Å². The second-order valence-electron chi connectivity index (χ2n) is 4.65. The average Bonchev–Trinajstić information content (AvgIpc) is 2.44. The van der Waals surface area contributed by atoms with Crippen molar-refractivity contribution in [2.45, 2.75) is 12.6 Å². The van der Waals surface area contributed by atoms with Gasteiger partial charge < -0.3 is 5.73 Å². The van der Waals surface area contributed by atoms with E-state index < -0.39 is 0 Å². The summed E-state index contributed by atoms with van der Waals surface area (Å²) >= 11 is 5.94. The molecule has 3 nitrogen and oxygen atoms in total. The van der Waals surface area contributed by atoms with Gasteiger partial charge in [-0.25, -0.2) is 4.39 Å². The van der Waals surface area contributed by atoms with E-state index in [-0.39, 0.29) is 11.9 Å². The van der Waals surface area contributed by atoms with Crippen molar-refractivity contribution >= 4 is 11.6 Å². The fourth-order valence-corrected chi connectivity index (χ4v) is 2.35. The zero-order valence-corrected chi connectivity index (χ0v) is 12.0. The van der Waals surface area contributed by atoms with Crippen molar-refractivity contribution in [1.82, 2.24) is 9.88 Å². The number of hydrogen-bond acceptors (Lipinski definition) is 3. The van der Waals surface area contributed by atoms with Crippen LogP contribution in [0, 0.1) is 5.82 Å². The third-order valence-electron chi connectivity index (χ3n) is 3.21. The van der Waals surface area contributed by atoms with Crippen LogP contribution in [0.5, 0.6) is 0 Å². The molecule has 0 amide bonds. The summed E-state index contributed by atoms with van der Waals surface area (Å²) in [7, 11) is 1.90. The van der Waals surface area contributed by atoms with Crippen LogP contribution >= 0.6 is 11.6 Å². The standard InChI is InChI=1S/C15H17ClFN3/c1-20(10-12-4-2-3-7-19-12)15(9-18)13-8-11(16)5-6-14(13)17/h2-8,15H,9-10,18H2,1H3. The summed E-state index contributed by atoms with van der Waals surface area (Å²) in [6.45, 7) is 0.898. The minimum Gasteiger partial charge on any atom is -0.329 e. The number of benzene rings is 1. The lowest BCUT2D eigenvalue weighted by molar-refractivity contribution is 0.234. The van der Waals surface area contributed by atoms with Crippen LogP contribution in [0.1, 0.15) is 17.3 Å². The van der Waals surface area contributed by atoms with Gasteiger partial charge >= 0.3 is 0 Å². The fourth-order valence-electron chi connectivity index (χ4n) is 2.17. The maximum absolute atomic E-state index is 13.9. The Bertz CT molecular complexity index is 562. The Morgan fingerprint density at radius 2 is 2.15 bits per heavy atom. The van der Waals surface area contributed by atoms with Crippen molar-refractivity contribution in [3.63, 3.8) is 0 Å². The minimum atomic E-state index is -0.294. The topological polar surface area (TPSA) is 42.2 Å². The molecule has 2 rings (SSSR count). The number of pyridine rings is 1. The zero-order chi connectivity index (χ0) is 14.5. The average molecular weight is 294 g/mol. The first-order valence-corrected chi connectivity index (χ1v) is 6.74. The lowest BCUT2D eigenvalue weighted by atomic mass is 10.0. The van der Waals surface area contributed by atoms with E-state index in [1.54, 1.807) is 12.3 Å². The number of aromatic nitrogens is 1. The maximum atomic E-state index is 13.9. The summed E-state index contributed by atoms with van der Waals surface area (Å²) < 4.78 is 13.9. The molecule has 106 valence electrons. The predicted octanol–water partition coefficient (Wildman–Crippen LogP) is 3.01. The number of nitrogens with zero attached hydrogens (tertiary/aromatic N) is 2. The molecule has 1 aromatic carbocycles. The molecule has 0 aliphatic carbocycles. The van der Waals surface area contributed by atoms with Gasteiger partial charge in [0.1, 0.15) is 5.82 Å². The molecule has 1 unspecified atom stereocenters. The molecule has 0 aliphatic rings. The first kappa shape index (κ1) is 14.9. The zero-order valence-electron chi connectivity index (χ0n) is 11.3. The van der Waals surface area contributed by atoms with E-state index in [9.17, 15) is 4.39 Å². The molecule has 0 spiro atoms. The van der Waals surface area contributed by atoms with E-state index in [2.05, 4.69) is 4.98 Å². The molecule has 0 saturated carbocycles. The Hall–Kier alpha value is -1.49. The van der Waals surface area contributed by atoms with Gasteiger partial charge in [-0.15, -0.1) is 0 Å². The van der Waals surface area contributed by atoms with Crippen LogP contribution in [0.15, 0.2) is 42.6 Å². The van der Waals surface area contributed by atoms with Gasteiger partial charge in [0.2, 0.25) is 0 Å². The molecule has 20 heavy (non-hydrogen) atoms. The molecule has 1 aromatic heterocycles. The summed E-state index contributed by atoms with van der Waals surface area (Å²) in [6.07, 6.45) is 1.74. The molecule has 0 bridgehead atoms. The summed E-state index contributed by atoms with van der Waals surface area (Å²) in [6, 6.07) is 10.0. The summed E-state index contributed by atoms with van der Waals surface area (Å²) in [5, 5.41) is 0.506. The number of hydrogen-bond donors (Lipinski definition) is 1. The highest BCUT2D eigenvalue weighted by molar-refractivity contribution is 6.30. The molecule has 0 saturated heterocycles. The molecule has 0 aliphatic heterocycles. The first-order chi connectivity index (χ1) is 9.61. The smallest absolute Gasteiger partial charge is 0.128 e. The number of nitrogens with two attached hydrogens (primary N) is 1. The van der Waals surface area contributed by atoms with Gasteiger partial charge in [-0.05, 0) is 37.4 Å². The van der Waals surface area contributed by atoms with Crippen LogP contribution in [0.4, 0.5) is 4.39 Å². The normalized spacial score (nSPS) is 12.7. The van der Waals surface area contributed by atoms with Gasteiger partial charge in [0.15, 0.2) is 0 Å². The molecule has 0 fully saturated rings. The van der Waals surface area contributed by atoms with Crippen LogP contribution in [-0.2, 0) is 6.54 Å². The largest absolute Gasteiger partial charge is 0.329 e. The van der Waals surface area contributed by atoms with E-state index >= 15 is 0 Å². The van der Waals surface area contributed by atoms with Crippen molar-refractivity contribution in [3.8, 4) is 0 Å². The van der Waals surface area contributed by atoms with Crippen LogP contribution in [0.2, 0.25) is 5.02 Å². The van der Waals surface area contributed by atoms with Crippen molar-refractivity contribution in [2.24, 2.45) is 5.73 Å². The Morgan fingerprint density at radius 3 is 2.80 bits per heavy atom. The van der Waals surface area contributed by atoms with Gasteiger partial charge in [0.25, 0.3) is 0 Å². The summed E-state index contributed by atoms with van der Waals surface area (Å²) in [4.78, 5) is 6.24. The Kier molecular flexibility index (Phi) is 5.06. The highest BCUT2D eigenvalue weighted by Crippen LogP contribution is 2.25. The minimum absolute atomic E-state index is 0.240. The number of rotatable bonds is 5. The lowest BCUT2D eigenvalue weighted by Gasteiger charge is -2.27. The monoisotopic (exact) mass is 293 g/mol. The third-order valence-corrected chi connectivity index (χ3v) is 3.45. The van der Waals surface area contributed by atoms with Gasteiger partial charge in [-0.2, -0.15) is 0 Å². The quantitative estimate of drug-likeness (QED) is 0.921. The molecule has 2 aromatic rings. The Morgan fingerprint density at radius 1 is 1.35 bits per heavy atom. The predicted molar refractivity (Wildman–Crippen MR) is 78.9 cm³/mol. The molecule has 1 heterocycles. The van der Waals surface area contributed by atoms with Crippen LogP contribution in [0.3, 0.4) is 0 Å². The highest BCUT2D eigenvalue weighted by Gasteiger charge is 2.19. The third kappa shape index (κ3) is 3.54. The van der Waals surface area contributed by atoms with E-state index in [0.717, 1.165) is 5.69 Å². The maximum Gasteiger partial charge on any atom is 0.128 e. The van der Waals surface area contributed by atoms with Gasteiger partial charge in [0, 0.05) is 29.9 Å². The molecule has 1 atom stereocenters. The number of likely N-dealkylation sites (N-methyl/N-ethyl adjacent to an activating group) is 1. The van der Waals surface area contributed by atoms with E-state index in [0.29, 0.717) is 23.7 Å². The molecular weight excluding hydrogens is 277 g/mol. The van der Waals surface area contributed by atoms with Crippen molar-refractivity contribution < 1.29 is 4.39 Å². The molecule has 5 heteroatoms. The van der Waals surface area contributed by atoms with Gasteiger partial charge in [-0.1, -0.05) is 17.7 Å².